The molecule has 96 valence electrons. The Labute approximate surface area is 119 Å². The maximum Gasteiger partial charge on any atom is 0.221 e. The lowest BCUT2D eigenvalue weighted by molar-refractivity contribution is -0.114. The number of amides is 1. The van der Waals surface area contributed by atoms with Gasteiger partial charge in [0.2, 0.25) is 11.7 Å². The highest BCUT2D eigenvalue weighted by molar-refractivity contribution is 7.98. The fourth-order valence-electron chi connectivity index (χ4n) is 2.10. The average Bonchev–Trinajstić information content (AvgIpc) is 2.78. The second-order valence-electron chi connectivity index (χ2n) is 4.25. The molecule has 0 bridgehead atoms. The molecule has 2 aromatic rings. The Kier molecular flexibility index (Phi) is 3.16. The second-order valence-corrected chi connectivity index (χ2v) is 6.19. The predicted molar refractivity (Wildman–Crippen MR) is 78.1 cm³/mol. The van der Waals surface area contributed by atoms with Crippen LogP contribution < -0.4 is 5.32 Å². The number of benzene rings is 1. The van der Waals surface area contributed by atoms with E-state index in [0.29, 0.717) is 11.3 Å². The van der Waals surface area contributed by atoms with Gasteiger partial charge in [-0.15, -0.1) is 23.1 Å². The zero-order valence-electron chi connectivity index (χ0n) is 10.2. The molecule has 0 fully saturated rings. The molecule has 1 N–H and O–H groups in total. The summed E-state index contributed by atoms with van der Waals surface area (Å²) in [4.78, 5) is 25.6. The van der Waals surface area contributed by atoms with Crippen molar-refractivity contribution in [3.8, 4) is 0 Å². The molecule has 1 aromatic heterocycles. The lowest BCUT2D eigenvalue weighted by Gasteiger charge is -2.10. The molecule has 0 radical (unpaired) electrons. The number of fused-ring (bicyclic) bond motifs is 2. The highest BCUT2D eigenvalue weighted by Crippen LogP contribution is 2.38. The van der Waals surface area contributed by atoms with Crippen molar-refractivity contribution in [3.05, 3.63) is 45.6 Å². The molecule has 1 aliphatic rings. The first-order valence-corrected chi connectivity index (χ1v) is 7.68. The summed E-state index contributed by atoms with van der Waals surface area (Å²) < 4.78 is 0. The van der Waals surface area contributed by atoms with Crippen LogP contribution in [0, 0.1) is 0 Å². The number of thioether (sulfide) groups is 1. The van der Waals surface area contributed by atoms with Crippen molar-refractivity contribution in [3.63, 3.8) is 0 Å². The predicted octanol–water partition coefficient (Wildman–Crippen LogP) is 3.54. The molecule has 5 heteroatoms. The van der Waals surface area contributed by atoms with Crippen LogP contribution in [0.3, 0.4) is 0 Å². The fourth-order valence-corrected chi connectivity index (χ4v) is 4.13. The summed E-state index contributed by atoms with van der Waals surface area (Å²) in [5, 5.41) is 4.69. The van der Waals surface area contributed by atoms with E-state index in [0.717, 1.165) is 21.1 Å². The van der Waals surface area contributed by atoms with Crippen LogP contribution in [0.25, 0.3) is 0 Å². The number of ketones is 1. The van der Waals surface area contributed by atoms with Crippen LogP contribution >= 0.6 is 23.1 Å². The van der Waals surface area contributed by atoms with Gasteiger partial charge < -0.3 is 5.32 Å². The molecular formula is C14H11NO2S2. The normalized spacial score (nSPS) is 13.4. The molecule has 3 nitrogen and oxygen atoms in total. The van der Waals surface area contributed by atoms with E-state index in [1.807, 2.05) is 23.6 Å². The van der Waals surface area contributed by atoms with E-state index in [-0.39, 0.29) is 11.7 Å². The second kappa shape index (κ2) is 4.83. The Bertz CT molecular complexity index is 676. The molecule has 0 aliphatic carbocycles. The molecule has 19 heavy (non-hydrogen) atoms. The van der Waals surface area contributed by atoms with Crippen molar-refractivity contribution < 1.29 is 9.59 Å². The standard InChI is InChI=1S/C14H11NO2S2/c1-8(16)15-10-3-2-4-11-12(10)13(17)14-9(7-19-11)5-6-18-14/h2-6H,7H2,1H3,(H,15,16). The Morgan fingerprint density at radius 3 is 2.95 bits per heavy atom. The van der Waals surface area contributed by atoms with Crippen LogP contribution in [0.15, 0.2) is 34.5 Å². The zero-order valence-corrected chi connectivity index (χ0v) is 11.9. The van der Waals surface area contributed by atoms with Gasteiger partial charge >= 0.3 is 0 Å². The summed E-state index contributed by atoms with van der Waals surface area (Å²) in [6, 6.07) is 7.57. The lowest BCUT2D eigenvalue weighted by Crippen LogP contribution is -2.11. The maximum absolute atomic E-state index is 12.6. The summed E-state index contributed by atoms with van der Waals surface area (Å²) in [5.74, 6) is 0.636. The van der Waals surface area contributed by atoms with Crippen LogP contribution in [0.5, 0.6) is 0 Å². The van der Waals surface area contributed by atoms with Crippen LogP contribution in [-0.2, 0) is 10.5 Å². The maximum atomic E-state index is 12.6. The van der Waals surface area contributed by atoms with Gasteiger partial charge in [0, 0.05) is 17.6 Å². The number of hydrogen-bond acceptors (Lipinski definition) is 4. The number of thiophene rings is 1. The van der Waals surface area contributed by atoms with Crippen LogP contribution in [0.4, 0.5) is 5.69 Å². The molecule has 0 atom stereocenters. The van der Waals surface area contributed by atoms with E-state index < -0.39 is 0 Å². The summed E-state index contributed by atoms with van der Waals surface area (Å²) in [5.41, 5.74) is 2.29. The molecule has 3 rings (SSSR count). The molecule has 1 aliphatic heterocycles. The smallest absolute Gasteiger partial charge is 0.221 e. The summed E-state index contributed by atoms with van der Waals surface area (Å²) in [6.45, 7) is 1.45. The number of anilines is 1. The van der Waals surface area contributed by atoms with Gasteiger partial charge in [0.15, 0.2) is 0 Å². The van der Waals surface area contributed by atoms with E-state index in [1.165, 1.54) is 18.3 Å². The van der Waals surface area contributed by atoms with Gasteiger partial charge in [0.25, 0.3) is 0 Å². The lowest BCUT2D eigenvalue weighted by atomic mass is 10.1. The van der Waals surface area contributed by atoms with Gasteiger partial charge in [-0.25, -0.2) is 0 Å². The molecular weight excluding hydrogens is 278 g/mol. The quantitative estimate of drug-likeness (QED) is 0.873. The van der Waals surface area contributed by atoms with Crippen molar-refractivity contribution in [2.24, 2.45) is 0 Å². The number of hydrogen-bond donors (Lipinski definition) is 1. The Hall–Kier alpha value is -1.59. The van der Waals surface area contributed by atoms with Crippen molar-refractivity contribution in [1.82, 2.24) is 0 Å². The zero-order chi connectivity index (χ0) is 13.4. The Morgan fingerprint density at radius 1 is 1.32 bits per heavy atom. The Balaban J connectivity index is 2.17. The molecule has 0 spiro atoms. The number of nitrogens with one attached hydrogen (secondary N) is 1. The molecule has 0 saturated heterocycles. The van der Waals surface area contributed by atoms with Crippen molar-refractivity contribution >= 4 is 40.5 Å². The van der Waals surface area contributed by atoms with Crippen molar-refractivity contribution in [1.29, 1.82) is 0 Å². The highest BCUT2D eigenvalue weighted by Gasteiger charge is 2.25. The summed E-state index contributed by atoms with van der Waals surface area (Å²) in [7, 11) is 0. The minimum absolute atomic E-state index is 0.00866. The van der Waals surface area contributed by atoms with Crippen molar-refractivity contribution in [2.75, 3.05) is 5.32 Å². The summed E-state index contributed by atoms with van der Waals surface area (Å²) in [6.07, 6.45) is 0. The molecule has 0 unspecified atom stereocenters. The van der Waals surface area contributed by atoms with Crippen molar-refractivity contribution in [2.45, 2.75) is 17.6 Å². The van der Waals surface area contributed by atoms with Gasteiger partial charge in [0.1, 0.15) is 0 Å². The first-order valence-electron chi connectivity index (χ1n) is 5.81. The number of rotatable bonds is 1. The number of carbonyl (C=O) groups excluding carboxylic acids is 2. The van der Waals surface area contributed by atoms with Crippen LogP contribution in [0.1, 0.15) is 27.7 Å². The Morgan fingerprint density at radius 2 is 2.16 bits per heavy atom. The van der Waals surface area contributed by atoms with Crippen LogP contribution in [-0.4, -0.2) is 11.7 Å². The van der Waals surface area contributed by atoms with E-state index >= 15 is 0 Å². The highest BCUT2D eigenvalue weighted by atomic mass is 32.2. The third-order valence-corrected chi connectivity index (χ3v) is 4.96. The largest absolute Gasteiger partial charge is 0.326 e. The molecule has 0 saturated carbocycles. The first kappa shape index (κ1) is 12.4. The first-order chi connectivity index (χ1) is 9.16. The SMILES string of the molecule is CC(=O)Nc1cccc2c1C(=O)c1sccc1CS2. The third kappa shape index (κ3) is 2.19. The fraction of sp³-hybridized carbons (Fsp3) is 0.143. The van der Waals surface area contributed by atoms with Gasteiger partial charge in [-0.2, -0.15) is 0 Å². The van der Waals surface area contributed by atoms with E-state index in [4.69, 9.17) is 0 Å². The average molecular weight is 289 g/mol. The van der Waals surface area contributed by atoms with Gasteiger partial charge in [-0.3, -0.25) is 9.59 Å². The summed E-state index contributed by atoms with van der Waals surface area (Å²) >= 11 is 3.10. The molecule has 1 aromatic carbocycles. The minimum Gasteiger partial charge on any atom is -0.326 e. The van der Waals surface area contributed by atoms with Gasteiger partial charge in [-0.05, 0) is 29.1 Å². The van der Waals surface area contributed by atoms with E-state index in [2.05, 4.69) is 5.32 Å². The molecule has 2 heterocycles. The van der Waals surface area contributed by atoms with Gasteiger partial charge in [0.05, 0.1) is 16.1 Å². The van der Waals surface area contributed by atoms with Crippen LogP contribution in [0.2, 0.25) is 0 Å². The minimum atomic E-state index is -0.165. The molecule has 1 amide bonds. The topological polar surface area (TPSA) is 46.2 Å². The monoisotopic (exact) mass is 289 g/mol. The third-order valence-electron chi connectivity index (χ3n) is 2.90. The van der Waals surface area contributed by atoms with E-state index in [9.17, 15) is 9.59 Å². The number of carbonyl (C=O) groups is 2. The van der Waals surface area contributed by atoms with Gasteiger partial charge in [-0.1, -0.05) is 6.07 Å². The van der Waals surface area contributed by atoms with E-state index in [1.54, 1.807) is 17.8 Å².